The lowest BCUT2D eigenvalue weighted by atomic mass is 9.94. The molecule has 9 heteroatoms. The lowest BCUT2D eigenvalue weighted by Gasteiger charge is -2.44. The number of pyridine rings is 1. The molecule has 0 saturated heterocycles. The highest BCUT2D eigenvalue weighted by atomic mass is 19.4. The predicted octanol–water partition coefficient (Wildman–Crippen LogP) is 3.36. The number of rotatable bonds is 2. The molecule has 33 heavy (non-hydrogen) atoms. The lowest BCUT2D eigenvalue weighted by molar-refractivity contribution is -0.141. The van der Waals surface area contributed by atoms with Gasteiger partial charge < -0.3 is 10.0 Å². The van der Waals surface area contributed by atoms with Crippen molar-refractivity contribution in [2.24, 2.45) is 0 Å². The van der Waals surface area contributed by atoms with Crippen molar-refractivity contribution in [1.29, 1.82) is 0 Å². The van der Waals surface area contributed by atoms with Crippen molar-refractivity contribution in [3.63, 3.8) is 0 Å². The molecule has 1 amide bonds. The van der Waals surface area contributed by atoms with Gasteiger partial charge >= 0.3 is 6.18 Å². The summed E-state index contributed by atoms with van der Waals surface area (Å²) in [4.78, 5) is 25.6. The summed E-state index contributed by atoms with van der Waals surface area (Å²) < 4.78 is 41.3. The third-order valence-electron chi connectivity index (χ3n) is 6.17. The van der Waals surface area contributed by atoms with E-state index in [9.17, 15) is 27.9 Å². The van der Waals surface area contributed by atoms with Crippen molar-refractivity contribution in [3.8, 4) is 5.75 Å². The minimum Gasteiger partial charge on any atom is -0.502 e. The average Bonchev–Trinajstić information content (AvgIpc) is 2.94. The summed E-state index contributed by atoms with van der Waals surface area (Å²) >= 11 is 0. The Balaban J connectivity index is 1.75. The van der Waals surface area contributed by atoms with Gasteiger partial charge in [0, 0.05) is 12.3 Å². The van der Waals surface area contributed by atoms with E-state index in [0.29, 0.717) is 4.90 Å². The fraction of sp³-hybridized carbons (Fsp3) is 0.250. The quantitative estimate of drug-likeness (QED) is 0.644. The SMILES string of the molecule is O=C1c2c(O)c(=O)ccn2N(C2c3ccccc3CCc3ccccc32)CN1CC(F)(F)F. The van der Waals surface area contributed by atoms with Gasteiger partial charge in [-0.3, -0.25) is 19.3 Å². The molecule has 6 nitrogen and oxygen atoms in total. The first kappa shape index (κ1) is 21.1. The Kier molecular flexibility index (Phi) is 4.92. The highest BCUT2D eigenvalue weighted by molar-refractivity contribution is 5.96. The summed E-state index contributed by atoms with van der Waals surface area (Å²) in [7, 11) is 0. The van der Waals surface area contributed by atoms with Gasteiger partial charge in [0.25, 0.3) is 5.91 Å². The van der Waals surface area contributed by atoms with Crippen LogP contribution < -0.4 is 10.4 Å². The van der Waals surface area contributed by atoms with E-state index in [1.165, 1.54) is 10.9 Å². The number of aromatic hydroxyl groups is 1. The van der Waals surface area contributed by atoms with Gasteiger partial charge in [-0.2, -0.15) is 13.2 Å². The Labute approximate surface area is 187 Å². The lowest BCUT2D eigenvalue weighted by Crippen LogP contribution is -2.57. The van der Waals surface area contributed by atoms with Crippen LogP contribution in [0.2, 0.25) is 0 Å². The zero-order chi connectivity index (χ0) is 23.3. The number of fused-ring (bicyclic) bond motifs is 3. The van der Waals surface area contributed by atoms with Gasteiger partial charge in [-0.15, -0.1) is 0 Å². The number of hydrogen-bond acceptors (Lipinski definition) is 4. The van der Waals surface area contributed by atoms with E-state index in [4.69, 9.17) is 0 Å². The fourth-order valence-electron chi connectivity index (χ4n) is 4.75. The van der Waals surface area contributed by atoms with Crippen molar-refractivity contribution in [2.45, 2.75) is 25.1 Å². The van der Waals surface area contributed by atoms with Gasteiger partial charge in [0.1, 0.15) is 13.2 Å². The zero-order valence-electron chi connectivity index (χ0n) is 17.4. The van der Waals surface area contributed by atoms with E-state index in [1.54, 1.807) is 5.01 Å². The molecule has 1 aromatic heterocycles. The van der Waals surface area contributed by atoms with Crippen LogP contribution in [0.1, 0.15) is 38.8 Å². The topological polar surface area (TPSA) is 65.8 Å². The molecule has 0 atom stereocenters. The molecular weight excluding hydrogens is 435 g/mol. The Morgan fingerprint density at radius 3 is 2.06 bits per heavy atom. The van der Waals surface area contributed by atoms with Crippen molar-refractivity contribution < 1.29 is 23.1 Å². The number of aryl methyl sites for hydroxylation is 2. The molecule has 1 aliphatic carbocycles. The molecule has 0 radical (unpaired) electrons. The van der Waals surface area contributed by atoms with Crippen LogP contribution >= 0.6 is 0 Å². The fourth-order valence-corrected chi connectivity index (χ4v) is 4.75. The summed E-state index contributed by atoms with van der Waals surface area (Å²) in [6, 6.07) is 16.0. The van der Waals surface area contributed by atoms with Gasteiger partial charge in [-0.25, -0.2) is 0 Å². The second-order valence-electron chi connectivity index (χ2n) is 8.22. The Morgan fingerprint density at radius 2 is 1.48 bits per heavy atom. The average molecular weight is 455 g/mol. The molecule has 1 N–H and O–H groups in total. The second kappa shape index (κ2) is 7.68. The molecule has 0 unspecified atom stereocenters. The van der Waals surface area contributed by atoms with Crippen LogP contribution in [0.15, 0.2) is 65.6 Å². The van der Waals surface area contributed by atoms with Crippen molar-refractivity contribution in [1.82, 2.24) is 9.58 Å². The molecule has 2 aliphatic rings. The van der Waals surface area contributed by atoms with E-state index in [2.05, 4.69) is 0 Å². The number of hydrogen-bond donors (Lipinski definition) is 1. The van der Waals surface area contributed by atoms with Crippen molar-refractivity contribution >= 4 is 5.91 Å². The number of alkyl halides is 3. The molecule has 0 saturated carbocycles. The minimum absolute atomic E-state index is 0.374. The first-order valence-electron chi connectivity index (χ1n) is 10.5. The second-order valence-corrected chi connectivity index (χ2v) is 8.22. The first-order chi connectivity index (χ1) is 15.7. The molecule has 0 fully saturated rings. The molecule has 1 aliphatic heterocycles. The molecule has 5 rings (SSSR count). The van der Waals surface area contributed by atoms with Crippen LogP contribution in [0.4, 0.5) is 13.2 Å². The Hall–Kier alpha value is -3.75. The molecule has 2 aromatic carbocycles. The maximum Gasteiger partial charge on any atom is 0.406 e. The van der Waals surface area contributed by atoms with Crippen LogP contribution in [0, 0.1) is 0 Å². The highest BCUT2D eigenvalue weighted by Crippen LogP contribution is 2.38. The normalized spacial score (nSPS) is 16.2. The van der Waals surface area contributed by atoms with Gasteiger partial charge in [-0.05, 0) is 35.1 Å². The monoisotopic (exact) mass is 455 g/mol. The maximum atomic E-state index is 13.3. The highest BCUT2D eigenvalue weighted by Gasteiger charge is 2.42. The van der Waals surface area contributed by atoms with Crippen molar-refractivity contribution in [2.75, 3.05) is 18.2 Å². The van der Waals surface area contributed by atoms with Crippen LogP contribution in [0.25, 0.3) is 0 Å². The largest absolute Gasteiger partial charge is 0.502 e. The Morgan fingerprint density at radius 1 is 0.909 bits per heavy atom. The van der Waals surface area contributed by atoms with E-state index < -0.39 is 41.5 Å². The van der Waals surface area contributed by atoms with Gasteiger partial charge in [0.15, 0.2) is 11.4 Å². The van der Waals surface area contributed by atoms with E-state index >= 15 is 0 Å². The van der Waals surface area contributed by atoms with Crippen LogP contribution in [0.3, 0.4) is 0 Å². The molecule has 0 bridgehead atoms. The van der Waals surface area contributed by atoms with Gasteiger partial charge in [-0.1, -0.05) is 48.5 Å². The predicted molar refractivity (Wildman–Crippen MR) is 115 cm³/mol. The third kappa shape index (κ3) is 3.63. The number of carbonyl (C=O) groups excluding carboxylic acids is 1. The maximum absolute atomic E-state index is 13.3. The summed E-state index contributed by atoms with van der Waals surface area (Å²) in [6.45, 7) is -1.87. The minimum atomic E-state index is -4.65. The van der Waals surface area contributed by atoms with Gasteiger partial charge in [0.2, 0.25) is 5.43 Å². The Bertz CT molecular complexity index is 1250. The standard InChI is InChI=1S/C24H20F3N3O3/c25-24(26,27)13-28-14-30(29-12-11-19(31)22(32)21(29)23(28)33)20-17-7-3-1-5-15(17)9-10-16-6-2-4-8-18(16)20/h1-8,11-12,20,32H,9-10,13-14H2. The number of aromatic nitrogens is 1. The molecule has 2 heterocycles. The smallest absolute Gasteiger partial charge is 0.406 e. The number of benzene rings is 2. The molecule has 0 spiro atoms. The van der Waals surface area contributed by atoms with Crippen LogP contribution in [-0.2, 0) is 12.8 Å². The molecule has 170 valence electrons. The number of amides is 1. The summed E-state index contributed by atoms with van der Waals surface area (Å²) in [5.74, 6) is -1.91. The summed E-state index contributed by atoms with van der Waals surface area (Å²) in [5.41, 5.74) is 2.58. The molecular formula is C24H20F3N3O3. The van der Waals surface area contributed by atoms with E-state index in [1.807, 2.05) is 48.5 Å². The zero-order valence-corrected chi connectivity index (χ0v) is 17.4. The number of carbonyl (C=O) groups is 1. The van der Waals surface area contributed by atoms with Crippen LogP contribution in [-0.4, -0.2) is 40.0 Å². The van der Waals surface area contributed by atoms with Crippen LogP contribution in [0.5, 0.6) is 5.75 Å². The number of halogens is 3. The molecule has 3 aromatic rings. The van der Waals surface area contributed by atoms with Crippen molar-refractivity contribution in [3.05, 3.63) is 99.0 Å². The summed E-state index contributed by atoms with van der Waals surface area (Å²) in [5, 5.41) is 12.0. The summed E-state index contributed by atoms with van der Waals surface area (Å²) in [6.07, 6.45) is -1.81. The van der Waals surface area contributed by atoms with E-state index in [0.717, 1.165) is 41.2 Å². The van der Waals surface area contributed by atoms with E-state index in [-0.39, 0.29) is 6.67 Å². The third-order valence-corrected chi connectivity index (χ3v) is 6.17. The first-order valence-corrected chi connectivity index (χ1v) is 10.5. The van der Waals surface area contributed by atoms with Gasteiger partial charge in [0.05, 0.1) is 6.04 Å². The number of nitrogens with zero attached hydrogens (tertiary/aromatic N) is 3.